The molecule has 2 aromatic rings. The van der Waals surface area contributed by atoms with Crippen LogP contribution < -0.4 is 5.32 Å². The number of nitrogens with one attached hydrogen (secondary N) is 1. The Hall–Kier alpha value is -2.51. The van der Waals surface area contributed by atoms with Crippen molar-refractivity contribution in [2.45, 2.75) is 19.5 Å². The van der Waals surface area contributed by atoms with Crippen LogP contribution in [0.2, 0.25) is 0 Å². The zero-order chi connectivity index (χ0) is 17.6. The SMILES string of the molecule is C[C@H](C(=O)Nc1ncccn1)N1CCN(Cc2cccc(O)c2)CC1. The van der Waals surface area contributed by atoms with Crippen LogP contribution in [0.15, 0.2) is 42.7 Å². The topological polar surface area (TPSA) is 81.6 Å². The predicted molar refractivity (Wildman–Crippen MR) is 95.1 cm³/mol. The number of hydrogen-bond acceptors (Lipinski definition) is 6. The smallest absolute Gasteiger partial charge is 0.243 e. The molecule has 7 nitrogen and oxygen atoms in total. The molecule has 1 fully saturated rings. The Morgan fingerprint density at radius 3 is 2.60 bits per heavy atom. The van der Waals surface area contributed by atoms with Crippen molar-refractivity contribution in [3.05, 3.63) is 48.3 Å². The van der Waals surface area contributed by atoms with E-state index in [0.29, 0.717) is 11.7 Å². The van der Waals surface area contributed by atoms with Gasteiger partial charge in [0.2, 0.25) is 11.9 Å². The van der Waals surface area contributed by atoms with Crippen molar-refractivity contribution in [1.29, 1.82) is 0 Å². The maximum absolute atomic E-state index is 12.3. The van der Waals surface area contributed by atoms with Crippen LogP contribution in [0.5, 0.6) is 5.75 Å². The molecular formula is C18H23N5O2. The van der Waals surface area contributed by atoms with Gasteiger partial charge in [0.25, 0.3) is 0 Å². The molecule has 25 heavy (non-hydrogen) atoms. The lowest BCUT2D eigenvalue weighted by molar-refractivity contribution is -0.121. The van der Waals surface area contributed by atoms with Crippen molar-refractivity contribution in [3.63, 3.8) is 0 Å². The van der Waals surface area contributed by atoms with E-state index in [1.54, 1.807) is 30.6 Å². The fourth-order valence-electron chi connectivity index (χ4n) is 2.97. The number of rotatable bonds is 5. The molecule has 0 saturated carbocycles. The molecule has 0 bridgehead atoms. The van der Waals surface area contributed by atoms with Crippen LogP contribution in [0.3, 0.4) is 0 Å². The normalized spacial score (nSPS) is 17.2. The molecule has 0 unspecified atom stereocenters. The summed E-state index contributed by atoms with van der Waals surface area (Å²) in [5.74, 6) is 0.541. The molecule has 1 atom stereocenters. The van der Waals surface area contributed by atoms with Gasteiger partial charge in [-0.1, -0.05) is 12.1 Å². The zero-order valence-corrected chi connectivity index (χ0v) is 14.3. The van der Waals surface area contributed by atoms with E-state index in [2.05, 4.69) is 25.1 Å². The summed E-state index contributed by atoms with van der Waals surface area (Å²) in [5.41, 5.74) is 1.10. The van der Waals surface area contributed by atoms with E-state index in [0.717, 1.165) is 38.3 Å². The quantitative estimate of drug-likeness (QED) is 0.854. The van der Waals surface area contributed by atoms with Crippen molar-refractivity contribution < 1.29 is 9.90 Å². The Balaban J connectivity index is 1.48. The summed E-state index contributed by atoms with van der Waals surface area (Å²) < 4.78 is 0. The highest BCUT2D eigenvalue weighted by Crippen LogP contribution is 2.15. The highest BCUT2D eigenvalue weighted by Gasteiger charge is 2.26. The number of carbonyl (C=O) groups excluding carboxylic acids is 1. The zero-order valence-electron chi connectivity index (χ0n) is 14.3. The molecule has 1 aromatic heterocycles. The van der Waals surface area contributed by atoms with Crippen molar-refractivity contribution in [1.82, 2.24) is 19.8 Å². The van der Waals surface area contributed by atoms with Crippen LogP contribution in [0.25, 0.3) is 0 Å². The number of phenols is 1. The van der Waals surface area contributed by atoms with E-state index in [1.165, 1.54) is 0 Å². The Kier molecular flexibility index (Phi) is 5.57. The lowest BCUT2D eigenvalue weighted by atomic mass is 10.1. The number of aromatic nitrogens is 2. The fraction of sp³-hybridized carbons (Fsp3) is 0.389. The van der Waals surface area contributed by atoms with E-state index in [4.69, 9.17) is 0 Å². The van der Waals surface area contributed by atoms with Gasteiger partial charge in [-0.05, 0) is 30.7 Å². The highest BCUT2D eigenvalue weighted by atomic mass is 16.3. The number of amides is 1. The summed E-state index contributed by atoms with van der Waals surface area (Å²) in [6.07, 6.45) is 3.21. The molecule has 1 amide bonds. The first-order valence-electron chi connectivity index (χ1n) is 8.44. The molecule has 1 aliphatic rings. The molecule has 1 aromatic carbocycles. The van der Waals surface area contributed by atoms with Crippen LogP contribution >= 0.6 is 0 Å². The number of piperazine rings is 1. The number of carbonyl (C=O) groups is 1. The third-order valence-electron chi connectivity index (χ3n) is 4.45. The molecule has 0 spiro atoms. The Morgan fingerprint density at radius 2 is 1.92 bits per heavy atom. The summed E-state index contributed by atoms with van der Waals surface area (Å²) in [6.45, 7) is 6.13. The van der Waals surface area contributed by atoms with E-state index >= 15 is 0 Å². The highest BCUT2D eigenvalue weighted by molar-refractivity contribution is 5.93. The standard InChI is InChI=1S/C18H23N5O2/c1-14(17(25)21-18-19-6-3-7-20-18)23-10-8-22(9-11-23)13-15-4-2-5-16(24)12-15/h2-7,12,14,24H,8-11,13H2,1H3,(H,19,20,21,25)/t14-/m1/s1. The minimum atomic E-state index is -0.230. The molecular weight excluding hydrogens is 318 g/mol. The van der Waals surface area contributed by atoms with Crippen LogP contribution in [0.1, 0.15) is 12.5 Å². The molecule has 2 heterocycles. The van der Waals surface area contributed by atoms with Gasteiger partial charge in [0.15, 0.2) is 0 Å². The first-order chi connectivity index (χ1) is 12.1. The van der Waals surface area contributed by atoms with Gasteiger partial charge in [-0.25, -0.2) is 9.97 Å². The second-order valence-electron chi connectivity index (χ2n) is 6.22. The van der Waals surface area contributed by atoms with Gasteiger partial charge in [-0.3, -0.25) is 19.9 Å². The summed E-state index contributed by atoms with van der Waals surface area (Å²) in [5, 5.41) is 12.3. The van der Waals surface area contributed by atoms with E-state index in [1.807, 2.05) is 19.1 Å². The second-order valence-corrected chi connectivity index (χ2v) is 6.22. The molecule has 1 saturated heterocycles. The maximum atomic E-state index is 12.3. The van der Waals surface area contributed by atoms with Gasteiger partial charge < -0.3 is 5.11 Å². The summed E-state index contributed by atoms with van der Waals surface area (Å²) in [4.78, 5) is 24.9. The van der Waals surface area contributed by atoms with Crippen molar-refractivity contribution >= 4 is 11.9 Å². The monoisotopic (exact) mass is 341 g/mol. The number of nitrogens with zero attached hydrogens (tertiary/aromatic N) is 4. The van der Waals surface area contributed by atoms with E-state index in [-0.39, 0.29) is 11.9 Å². The van der Waals surface area contributed by atoms with Crippen molar-refractivity contribution in [3.8, 4) is 5.75 Å². The van der Waals surface area contributed by atoms with Gasteiger partial charge in [0, 0.05) is 45.1 Å². The van der Waals surface area contributed by atoms with Gasteiger partial charge in [-0.2, -0.15) is 0 Å². The van der Waals surface area contributed by atoms with Gasteiger partial charge in [0.1, 0.15) is 5.75 Å². The first kappa shape index (κ1) is 17.3. The number of benzene rings is 1. The third-order valence-corrected chi connectivity index (χ3v) is 4.45. The summed E-state index contributed by atoms with van der Waals surface area (Å²) in [7, 11) is 0. The number of anilines is 1. The van der Waals surface area contributed by atoms with Crippen LogP contribution in [0.4, 0.5) is 5.95 Å². The van der Waals surface area contributed by atoms with E-state index in [9.17, 15) is 9.90 Å². The molecule has 2 N–H and O–H groups in total. The fourth-order valence-corrected chi connectivity index (χ4v) is 2.97. The lowest BCUT2D eigenvalue weighted by Gasteiger charge is -2.37. The molecule has 1 aliphatic heterocycles. The van der Waals surface area contributed by atoms with Crippen LogP contribution in [-0.4, -0.2) is 63.0 Å². The van der Waals surface area contributed by atoms with Crippen LogP contribution in [-0.2, 0) is 11.3 Å². The van der Waals surface area contributed by atoms with Gasteiger partial charge >= 0.3 is 0 Å². The second kappa shape index (κ2) is 8.04. The number of phenolic OH excluding ortho intramolecular Hbond substituents is 1. The molecule has 0 radical (unpaired) electrons. The Morgan fingerprint density at radius 1 is 1.20 bits per heavy atom. The van der Waals surface area contributed by atoms with E-state index < -0.39 is 0 Å². The lowest BCUT2D eigenvalue weighted by Crippen LogP contribution is -2.52. The molecule has 0 aliphatic carbocycles. The summed E-state index contributed by atoms with van der Waals surface area (Å²) in [6, 6.07) is 8.83. The minimum absolute atomic E-state index is 0.0902. The molecule has 132 valence electrons. The largest absolute Gasteiger partial charge is 0.508 e. The average Bonchev–Trinajstić information content (AvgIpc) is 2.62. The third kappa shape index (κ3) is 4.74. The minimum Gasteiger partial charge on any atom is -0.508 e. The maximum Gasteiger partial charge on any atom is 0.243 e. The van der Waals surface area contributed by atoms with Crippen molar-refractivity contribution in [2.24, 2.45) is 0 Å². The Bertz CT molecular complexity index is 702. The molecule has 7 heteroatoms. The Labute approximate surface area is 147 Å². The average molecular weight is 341 g/mol. The van der Waals surface area contributed by atoms with Gasteiger partial charge in [-0.15, -0.1) is 0 Å². The predicted octanol–water partition coefficient (Wildman–Crippen LogP) is 1.33. The number of aromatic hydroxyl groups is 1. The first-order valence-corrected chi connectivity index (χ1v) is 8.44. The van der Waals surface area contributed by atoms with Gasteiger partial charge in [0.05, 0.1) is 6.04 Å². The molecule has 3 rings (SSSR count). The van der Waals surface area contributed by atoms with Crippen molar-refractivity contribution in [2.75, 3.05) is 31.5 Å². The number of hydrogen-bond donors (Lipinski definition) is 2. The summed E-state index contributed by atoms with van der Waals surface area (Å²) >= 11 is 0. The van der Waals surface area contributed by atoms with Crippen LogP contribution in [0, 0.1) is 0 Å².